The average molecular weight is 281 g/mol. The summed E-state index contributed by atoms with van der Waals surface area (Å²) < 4.78 is 37.3. The SMILES string of the molecule is CCc1nc(N(CC)CC(F)(F)F)sc1CNC. The minimum atomic E-state index is -4.20. The summed E-state index contributed by atoms with van der Waals surface area (Å²) in [4.78, 5) is 6.58. The van der Waals surface area contributed by atoms with Gasteiger partial charge in [0, 0.05) is 18.0 Å². The molecule has 3 nitrogen and oxygen atoms in total. The van der Waals surface area contributed by atoms with Crippen LogP contribution in [0.1, 0.15) is 24.4 Å². The van der Waals surface area contributed by atoms with Crippen LogP contribution in [0.3, 0.4) is 0 Å². The maximum Gasteiger partial charge on any atom is 0.406 e. The van der Waals surface area contributed by atoms with E-state index < -0.39 is 12.7 Å². The van der Waals surface area contributed by atoms with E-state index in [9.17, 15) is 13.2 Å². The molecule has 0 spiro atoms. The van der Waals surface area contributed by atoms with Crippen LogP contribution in [-0.2, 0) is 13.0 Å². The zero-order valence-electron chi connectivity index (χ0n) is 10.8. The van der Waals surface area contributed by atoms with Gasteiger partial charge < -0.3 is 10.2 Å². The van der Waals surface area contributed by atoms with Crippen molar-refractivity contribution in [1.82, 2.24) is 10.3 Å². The zero-order valence-corrected chi connectivity index (χ0v) is 11.6. The van der Waals surface area contributed by atoms with Crippen LogP contribution in [0.5, 0.6) is 0 Å². The summed E-state index contributed by atoms with van der Waals surface area (Å²) in [6.07, 6.45) is -3.46. The highest BCUT2D eigenvalue weighted by molar-refractivity contribution is 7.15. The van der Waals surface area contributed by atoms with Crippen molar-refractivity contribution in [2.75, 3.05) is 25.0 Å². The van der Waals surface area contributed by atoms with Crippen molar-refractivity contribution in [3.8, 4) is 0 Å². The number of anilines is 1. The Kier molecular flexibility index (Phi) is 5.40. The van der Waals surface area contributed by atoms with E-state index in [0.29, 0.717) is 18.2 Å². The molecule has 1 aromatic heterocycles. The van der Waals surface area contributed by atoms with E-state index in [2.05, 4.69) is 10.3 Å². The van der Waals surface area contributed by atoms with Crippen LogP contribution in [0.25, 0.3) is 0 Å². The lowest BCUT2D eigenvalue weighted by molar-refractivity contribution is -0.119. The van der Waals surface area contributed by atoms with E-state index in [1.165, 1.54) is 16.2 Å². The van der Waals surface area contributed by atoms with Gasteiger partial charge in [-0.05, 0) is 20.4 Å². The fraction of sp³-hybridized carbons (Fsp3) is 0.727. The lowest BCUT2D eigenvalue weighted by Gasteiger charge is -2.21. The van der Waals surface area contributed by atoms with E-state index in [4.69, 9.17) is 0 Å². The molecule has 1 rings (SSSR count). The third-order valence-corrected chi connectivity index (χ3v) is 3.62. The maximum atomic E-state index is 12.4. The van der Waals surface area contributed by atoms with Crippen molar-refractivity contribution < 1.29 is 13.2 Å². The Balaban J connectivity index is 2.92. The van der Waals surface area contributed by atoms with Crippen molar-refractivity contribution in [3.05, 3.63) is 10.6 Å². The smallest absolute Gasteiger partial charge is 0.339 e. The highest BCUT2D eigenvalue weighted by atomic mass is 32.1. The van der Waals surface area contributed by atoms with Crippen LogP contribution >= 0.6 is 11.3 Å². The topological polar surface area (TPSA) is 28.2 Å². The largest absolute Gasteiger partial charge is 0.406 e. The molecule has 7 heteroatoms. The predicted molar refractivity (Wildman–Crippen MR) is 68.2 cm³/mol. The van der Waals surface area contributed by atoms with Crippen molar-refractivity contribution in [2.24, 2.45) is 0 Å². The number of rotatable bonds is 6. The number of alkyl halides is 3. The van der Waals surface area contributed by atoms with Crippen LogP contribution in [-0.4, -0.2) is 31.3 Å². The summed E-state index contributed by atoms with van der Waals surface area (Å²) in [5, 5.41) is 3.46. The van der Waals surface area contributed by atoms with Crippen molar-refractivity contribution >= 4 is 16.5 Å². The third kappa shape index (κ3) is 4.13. The molecule has 0 radical (unpaired) electrons. The van der Waals surface area contributed by atoms with Crippen LogP contribution in [0.2, 0.25) is 0 Å². The number of aryl methyl sites for hydroxylation is 1. The first kappa shape index (κ1) is 15.2. The summed E-state index contributed by atoms with van der Waals surface area (Å²) in [6, 6.07) is 0. The van der Waals surface area contributed by atoms with Crippen molar-refractivity contribution in [2.45, 2.75) is 33.0 Å². The predicted octanol–water partition coefficient (Wildman–Crippen LogP) is 2.81. The van der Waals surface area contributed by atoms with Gasteiger partial charge in [-0.25, -0.2) is 4.98 Å². The number of aromatic nitrogens is 1. The number of halogens is 3. The van der Waals surface area contributed by atoms with Crippen molar-refractivity contribution in [1.29, 1.82) is 0 Å². The second-order valence-corrected chi connectivity index (χ2v) is 4.94. The van der Waals surface area contributed by atoms with E-state index >= 15 is 0 Å². The summed E-state index contributed by atoms with van der Waals surface area (Å²) in [5.41, 5.74) is 0.880. The summed E-state index contributed by atoms with van der Waals surface area (Å²) in [7, 11) is 1.81. The van der Waals surface area contributed by atoms with Crippen LogP contribution in [0.4, 0.5) is 18.3 Å². The van der Waals surface area contributed by atoms with Gasteiger partial charge >= 0.3 is 6.18 Å². The van der Waals surface area contributed by atoms with Gasteiger partial charge in [0.15, 0.2) is 5.13 Å². The number of nitrogens with one attached hydrogen (secondary N) is 1. The summed E-state index contributed by atoms with van der Waals surface area (Å²) in [5.74, 6) is 0. The number of hydrogen-bond donors (Lipinski definition) is 1. The summed E-state index contributed by atoms with van der Waals surface area (Å²) >= 11 is 1.33. The number of nitrogens with zero attached hydrogens (tertiary/aromatic N) is 2. The Hall–Kier alpha value is -0.820. The molecule has 0 aromatic carbocycles. The molecule has 0 bridgehead atoms. The molecule has 0 saturated carbocycles. The fourth-order valence-electron chi connectivity index (χ4n) is 1.61. The molecule has 0 unspecified atom stereocenters. The van der Waals surface area contributed by atoms with E-state index in [1.54, 1.807) is 6.92 Å². The van der Waals surface area contributed by atoms with Crippen LogP contribution in [0.15, 0.2) is 0 Å². The van der Waals surface area contributed by atoms with Gasteiger partial charge in [0.05, 0.1) is 5.69 Å². The molecule has 0 aliphatic heterocycles. The van der Waals surface area contributed by atoms with Crippen LogP contribution < -0.4 is 10.2 Å². The zero-order chi connectivity index (χ0) is 13.8. The molecule has 0 atom stereocenters. The average Bonchev–Trinajstić information content (AvgIpc) is 2.68. The molecule has 1 aromatic rings. The third-order valence-electron chi connectivity index (χ3n) is 2.46. The first-order valence-corrected chi connectivity index (χ1v) is 6.67. The molecule has 0 aliphatic carbocycles. The Bertz CT molecular complexity index is 376. The van der Waals surface area contributed by atoms with Crippen molar-refractivity contribution in [3.63, 3.8) is 0 Å². The minimum absolute atomic E-state index is 0.301. The molecule has 1 N–H and O–H groups in total. The Morgan fingerprint density at radius 1 is 1.33 bits per heavy atom. The fourth-order valence-corrected chi connectivity index (χ4v) is 2.83. The van der Waals surface area contributed by atoms with Gasteiger partial charge in [0.25, 0.3) is 0 Å². The Labute approximate surface area is 109 Å². The molecule has 0 saturated heterocycles. The highest BCUT2D eigenvalue weighted by Gasteiger charge is 2.31. The van der Waals surface area contributed by atoms with Gasteiger partial charge in [0.1, 0.15) is 6.54 Å². The standard InChI is InChI=1S/C11H18F3N3S/c1-4-8-9(6-15-3)18-10(16-8)17(5-2)7-11(12,13)14/h15H,4-7H2,1-3H3. The highest BCUT2D eigenvalue weighted by Crippen LogP contribution is 2.29. The molecule has 0 fully saturated rings. The number of thiazole rings is 1. The Morgan fingerprint density at radius 2 is 2.00 bits per heavy atom. The molecule has 18 heavy (non-hydrogen) atoms. The molecular formula is C11H18F3N3S. The minimum Gasteiger partial charge on any atom is -0.339 e. The Morgan fingerprint density at radius 3 is 2.44 bits per heavy atom. The van der Waals surface area contributed by atoms with Crippen LogP contribution in [0, 0.1) is 0 Å². The van der Waals surface area contributed by atoms with Gasteiger partial charge in [-0.1, -0.05) is 6.92 Å². The maximum absolute atomic E-state index is 12.4. The van der Waals surface area contributed by atoms with Gasteiger partial charge in [-0.15, -0.1) is 11.3 Å². The quantitative estimate of drug-likeness (QED) is 0.869. The van der Waals surface area contributed by atoms with E-state index in [0.717, 1.165) is 17.0 Å². The normalized spacial score (nSPS) is 11.9. The summed E-state index contributed by atoms with van der Waals surface area (Å²) in [6.45, 7) is 3.66. The monoisotopic (exact) mass is 281 g/mol. The second kappa shape index (κ2) is 6.38. The van der Waals surface area contributed by atoms with Gasteiger partial charge in [-0.3, -0.25) is 0 Å². The molecule has 0 amide bonds. The van der Waals surface area contributed by atoms with Gasteiger partial charge in [-0.2, -0.15) is 13.2 Å². The van der Waals surface area contributed by atoms with Gasteiger partial charge in [0.2, 0.25) is 0 Å². The number of hydrogen-bond acceptors (Lipinski definition) is 4. The first-order chi connectivity index (χ1) is 8.41. The lowest BCUT2D eigenvalue weighted by atomic mass is 10.3. The molecule has 104 valence electrons. The van der Waals surface area contributed by atoms with E-state index in [1.807, 2.05) is 14.0 Å². The van der Waals surface area contributed by atoms with E-state index in [-0.39, 0.29) is 0 Å². The lowest BCUT2D eigenvalue weighted by Crippen LogP contribution is -2.34. The first-order valence-electron chi connectivity index (χ1n) is 5.86. The molecule has 0 aliphatic rings. The molecule has 1 heterocycles. The second-order valence-electron chi connectivity index (χ2n) is 3.88. The molecular weight excluding hydrogens is 263 g/mol.